The minimum Gasteiger partial charge on any atom is -0.454 e. The summed E-state index contributed by atoms with van der Waals surface area (Å²) < 4.78 is 9.00. The molecule has 0 fully saturated rings. The molecule has 5 heteroatoms. The van der Waals surface area contributed by atoms with Crippen LogP contribution in [0.1, 0.15) is 5.56 Å². The zero-order valence-electron chi connectivity index (χ0n) is 26.7. The summed E-state index contributed by atoms with van der Waals surface area (Å²) in [5.74, 6) is 0.564. The summed E-state index contributed by atoms with van der Waals surface area (Å²) in [6.07, 6.45) is 0. The standard InChI is InChI=1S/C45H26N4O/c46-27-38-41(31-20-19-28-11-7-8-14-30(28)25-31)47-45(29-12-3-1-4-13-29)48-42(38)32-21-24-40-37(26-32)36-23-22-35-34-17-9-10-18-39(34)49(43(35)44(36)50-40)33-15-5-2-6-16-33/h1-26H. The van der Waals surface area contributed by atoms with Gasteiger partial charge in [-0.3, -0.25) is 0 Å². The van der Waals surface area contributed by atoms with Crippen LogP contribution in [0.15, 0.2) is 162 Å². The first-order valence-electron chi connectivity index (χ1n) is 16.6. The summed E-state index contributed by atoms with van der Waals surface area (Å²) >= 11 is 0. The average Bonchev–Trinajstić information content (AvgIpc) is 3.73. The summed E-state index contributed by atoms with van der Waals surface area (Å²) in [4.78, 5) is 10.1. The van der Waals surface area contributed by atoms with Crippen molar-refractivity contribution in [3.63, 3.8) is 0 Å². The number of hydrogen-bond donors (Lipinski definition) is 0. The molecule has 0 unspecified atom stereocenters. The lowest BCUT2D eigenvalue weighted by molar-refractivity contribution is 0.671. The molecule has 0 aliphatic heterocycles. The lowest BCUT2D eigenvalue weighted by atomic mass is 9.97. The highest BCUT2D eigenvalue weighted by Crippen LogP contribution is 2.42. The van der Waals surface area contributed by atoms with E-state index < -0.39 is 0 Å². The van der Waals surface area contributed by atoms with Crippen molar-refractivity contribution in [3.8, 4) is 45.7 Å². The van der Waals surface area contributed by atoms with E-state index in [0.29, 0.717) is 22.8 Å². The fourth-order valence-electron chi connectivity index (χ4n) is 7.31. The van der Waals surface area contributed by atoms with Crippen LogP contribution in [0.3, 0.4) is 0 Å². The number of nitriles is 1. The molecular formula is C45H26N4O. The molecule has 0 aliphatic rings. The first kappa shape index (κ1) is 28.0. The van der Waals surface area contributed by atoms with E-state index in [1.165, 1.54) is 5.39 Å². The Morgan fingerprint density at radius 1 is 0.520 bits per heavy atom. The predicted molar refractivity (Wildman–Crippen MR) is 202 cm³/mol. The van der Waals surface area contributed by atoms with Crippen molar-refractivity contribution in [3.05, 3.63) is 163 Å². The van der Waals surface area contributed by atoms with Crippen LogP contribution in [0, 0.1) is 11.3 Å². The summed E-state index contributed by atoms with van der Waals surface area (Å²) in [5, 5.41) is 17.2. The Bertz CT molecular complexity index is 2990. The predicted octanol–water partition coefficient (Wildman–Crippen LogP) is 11.5. The van der Waals surface area contributed by atoms with Gasteiger partial charge in [0.15, 0.2) is 11.4 Å². The largest absolute Gasteiger partial charge is 0.454 e. The molecule has 0 bridgehead atoms. The fourth-order valence-corrected chi connectivity index (χ4v) is 7.31. The zero-order chi connectivity index (χ0) is 33.2. The molecule has 0 saturated heterocycles. The Balaban J connectivity index is 1.24. The van der Waals surface area contributed by atoms with Gasteiger partial charge in [-0.05, 0) is 59.3 Å². The van der Waals surface area contributed by atoms with E-state index in [1.54, 1.807) is 0 Å². The van der Waals surface area contributed by atoms with Crippen LogP contribution in [0.2, 0.25) is 0 Å². The first-order chi connectivity index (χ1) is 24.7. The van der Waals surface area contributed by atoms with Crippen LogP contribution in [-0.2, 0) is 0 Å². The second-order valence-corrected chi connectivity index (χ2v) is 12.5. The third-order valence-electron chi connectivity index (χ3n) is 9.64. The van der Waals surface area contributed by atoms with Crippen LogP contribution >= 0.6 is 0 Å². The molecule has 0 spiro atoms. The van der Waals surface area contributed by atoms with E-state index in [9.17, 15) is 5.26 Å². The van der Waals surface area contributed by atoms with E-state index in [4.69, 9.17) is 14.4 Å². The quantitative estimate of drug-likeness (QED) is 0.192. The molecule has 0 aliphatic carbocycles. The molecule has 0 atom stereocenters. The van der Waals surface area contributed by atoms with Gasteiger partial charge in [0, 0.05) is 43.9 Å². The number of furan rings is 1. The van der Waals surface area contributed by atoms with Crippen molar-refractivity contribution in [2.75, 3.05) is 0 Å². The van der Waals surface area contributed by atoms with Gasteiger partial charge < -0.3 is 8.98 Å². The molecule has 3 aromatic heterocycles. The zero-order valence-corrected chi connectivity index (χ0v) is 26.7. The lowest BCUT2D eigenvalue weighted by Gasteiger charge is -2.13. The Hall–Kier alpha value is -7.03. The van der Waals surface area contributed by atoms with Crippen molar-refractivity contribution < 1.29 is 4.42 Å². The van der Waals surface area contributed by atoms with E-state index in [2.05, 4.69) is 102 Å². The fraction of sp³-hybridized carbons (Fsp3) is 0. The normalized spacial score (nSPS) is 11.6. The molecule has 50 heavy (non-hydrogen) atoms. The smallest absolute Gasteiger partial charge is 0.160 e. The van der Waals surface area contributed by atoms with Crippen molar-refractivity contribution >= 4 is 54.5 Å². The van der Waals surface area contributed by atoms with Crippen LogP contribution in [0.4, 0.5) is 0 Å². The Morgan fingerprint density at radius 2 is 1.18 bits per heavy atom. The number of benzene rings is 7. The molecule has 10 aromatic rings. The van der Waals surface area contributed by atoms with Gasteiger partial charge in [0.25, 0.3) is 0 Å². The van der Waals surface area contributed by atoms with Gasteiger partial charge in [-0.25, -0.2) is 9.97 Å². The summed E-state index contributed by atoms with van der Waals surface area (Å²) in [6.45, 7) is 0. The third-order valence-corrected chi connectivity index (χ3v) is 9.64. The van der Waals surface area contributed by atoms with Crippen LogP contribution < -0.4 is 0 Å². The van der Waals surface area contributed by atoms with Crippen molar-refractivity contribution in [1.29, 1.82) is 5.26 Å². The number of aromatic nitrogens is 3. The van der Waals surface area contributed by atoms with Gasteiger partial charge in [-0.2, -0.15) is 5.26 Å². The Morgan fingerprint density at radius 3 is 1.98 bits per heavy atom. The van der Waals surface area contributed by atoms with Crippen LogP contribution in [-0.4, -0.2) is 14.5 Å². The number of nitrogens with zero attached hydrogens (tertiary/aromatic N) is 4. The molecular weight excluding hydrogens is 613 g/mol. The second kappa shape index (κ2) is 11.0. The lowest BCUT2D eigenvalue weighted by Crippen LogP contribution is -2.01. The van der Waals surface area contributed by atoms with Crippen LogP contribution in [0.5, 0.6) is 0 Å². The van der Waals surface area contributed by atoms with Crippen molar-refractivity contribution in [2.24, 2.45) is 0 Å². The third kappa shape index (κ3) is 4.26. The molecule has 0 amide bonds. The van der Waals surface area contributed by atoms with E-state index >= 15 is 0 Å². The topological polar surface area (TPSA) is 67.6 Å². The highest BCUT2D eigenvalue weighted by atomic mass is 16.3. The number of rotatable bonds is 4. The van der Waals surface area contributed by atoms with E-state index in [0.717, 1.165) is 71.5 Å². The first-order valence-corrected chi connectivity index (χ1v) is 16.6. The van der Waals surface area contributed by atoms with Crippen molar-refractivity contribution in [2.45, 2.75) is 0 Å². The summed E-state index contributed by atoms with van der Waals surface area (Å²) in [6, 6.07) is 56.2. The van der Waals surface area contributed by atoms with Gasteiger partial charge in [-0.15, -0.1) is 0 Å². The van der Waals surface area contributed by atoms with Crippen LogP contribution in [0.25, 0.3) is 94.1 Å². The SMILES string of the molecule is N#Cc1c(-c2ccc3ccccc3c2)nc(-c2ccccc2)nc1-c1ccc2oc3c(ccc4c5ccccc5n(-c5ccccc5)c43)c2c1. The highest BCUT2D eigenvalue weighted by molar-refractivity contribution is 6.21. The minimum atomic E-state index is 0.429. The van der Waals surface area contributed by atoms with Gasteiger partial charge in [0.1, 0.15) is 17.2 Å². The molecule has 0 radical (unpaired) electrons. The molecule has 10 rings (SSSR count). The molecule has 3 heterocycles. The number of fused-ring (bicyclic) bond motifs is 8. The maximum atomic E-state index is 10.7. The monoisotopic (exact) mass is 638 g/mol. The molecule has 0 N–H and O–H groups in total. The average molecular weight is 639 g/mol. The summed E-state index contributed by atoms with van der Waals surface area (Å²) in [7, 11) is 0. The van der Waals surface area contributed by atoms with Gasteiger partial charge in [0.2, 0.25) is 0 Å². The second-order valence-electron chi connectivity index (χ2n) is 12.5. The molecule has 5 nitrogen and oxygen atoms in total. The molecule has 232 valence electrons. The van der Waals surface area contributed by atoms with Gasteiger partial charge in [-0.1, -0.05) is 109 Å². The Labute approximate surface area is 286 Å². The maximum Gasteiger partial charge on any atom is 0.160 e. The number of hydrogen-bond acceptors (Lipinski definition) is 4. The molecule has 0 saturated carbocycles. The Kier molecular flexibility index (Phi) is 6.17. The minimum absolute atomic E-state index is 0.429. The van der Waals surface area contributed by atoms with Gasteiger partial charge in [0.05, 0.1) is 22.4 Å². The molecule has 7 aromatic carbocycles. The number of para-hydroxylation sites is 2. The van der Waals surface area contributed by atoms with E-state index in [1.807, 2.05) is 66.7 Å². The van der Waals surface area contributed by atoms with E-state index in [-0.39, 0.29) is 0 Å². The van der Waals surface area contributed by atoms with Gasteiger partial charge >= 0.3 is 0 Å². The van der Waals surface area contributed by atoms with Crippen molar-refractivity contribution in [1.82, 2.24) is 14.5 Å². The summed E-state index contributed by atoms with van der Waals surface area (Å²) in [5.41, 5.74) is 9.00. The highest BCUT2D eigenvalue weighted by Gasteiger charge is 2.22. The maximum absolute atomic E-state index is 10.7.